The van der Waals surface area contributed by atoms with E-state index in [-0.39, 0.29) is 0 Å². The van der Waals surface area contributed by atoms with Crippen LogP contribution in [0.1, 0.15) is 26.3 Å². The van der Waals surface area contributed by atoms with E-state index in [1.165, 1.54) is 5.56 Å². The average Bonchev–Trinajstić information content (AvgIpc) is 2.37. The lowest BCUT2D eigenvalue weighted by atomic mass is 10.2. The zero-order valence-corrected chi connectivity index (χ0v) is 12.1. The van der Waals surface area contributed by atoms with Gasteiger partial charge in [0.1, 0.15) is 5.75 Å². The molecule has 0 spiro atoms. The van der Waals surface area contributed by atoms with Gasteiger partial charge in [0.05, 0.1) is 7.11 Å². The van der Waals surface area contributed by atoms with Gasteiger partial charge in [-0.15, -0.1) is 0 Å². The largest absolute Gasteiger partial charge is 0.496 e. The number of methoxy groups -OCH3 is 1. The van der Waals surface area contributed by atoms with Crippen LogP contribution in [0.3, 0.4) is 0 Å². The van der Waals surface area contributed by atoms with E-state index < -0.39 is 0 Å². The number of hydrogen-bond donors (Lipinski definition) is 1. The van der Waals surface area contributed by atoms with Crippen LogP contribution in [0, 0.1) is 0 Å². The highest BCUT2D eigenvalue weighted by molar-refractivity contribution is 5.33. The van der Waals surface area contributed by atoms with Crippen molar-refractivity contribution in [3.8, 4) is 5.75 Å². The first-order valence-electron chi connectivity index (χ1n) is 6.75. The third-order valence-corrected chi connectivity index (χ3v) is 3.01. The summed E-state index contributed by atoms with van der Waals surface area (Å²) in [7, 11) is 1.73. The van der Waals surface area contributed by atoms with Crippen molar-refractivity contribution in [2.75, 3.05) is 26.7 Å². The second kappa shape index (κ2) is 8.11. The number of hydrogen-bond acceptors (Lipinski definition) is 3. The zero-order chi connectivity index (χ0) is 13.4. The van der Waals surface area contributed by atoms with Crippen molar-refractivity contribution < 1.29 is 4.74 Å². The Morgan fingerprint density at radius 2 is 2.00 bits per heavy atom. The summed E-state index contributed by atoms with van der Waals surface area (Å²) in [5, 5.41) is 3.45. The van der Waals surface area contributed by atoms with E-state index in [0.29, 0.717) is 6.04 Å². The molecule has 0 radical (unpaired) electrons. The molecule has 1 N–H and O–H groups in total. The Bertz CT molecular complexity index is 339. The molecule has 0 heterocycles. The summed E-state index contributed by atoms with van der Waals surface area (Å²) >= 11 is 0. The summed E-state index contributed by atoms with van der Waals surface area (Å²) in [5.74, 6) is 0.979. The second-order valence-electron chi connectivity index (χ2n) is 4.79. The van der Waals surface area contributed by atoms with Gasteiger partial charge in [-0.05, 0) is 12.6 Å². The van der Waals surface area contributed by atoms with E-state index in [9.17, 15) is 0 Å². The fourth-order valence-electron chi connectivity index (χ4n) is 1.93. The SMILES string of the molecule is CCN(CCNC(C)C)Cc1ccccc1OC. The van der Waals surface area contributed by atoms with Gasteiger partial charge < -0.3 is 10.1 Å². The Morgan fingerprint density at radius 1 is 1.28 bits per heavy atom. The maximum atomic E-state index is 5.39. The lowest BCUT2D eigenvalue weighted by Crippen LogP contribution is -2.34. The van der Waals surface area contributed by atoms with Gasteiger partial charge in [-0.1, -0.05) is 39.0 Å². The highest BCUT2D eigenvalue weighted by Crippen LogP contribution is 2.18. The molecule has 0 saturated carbocycles. The van der Waals surface area contributed by atoms with Crippen molar-refractivity contribution in [1.82, 2.24) is 10.2 Å². The molecule has 0 aliphatic carbocycles. The molecule has 0 aliphatic rings. The van der Waals surface area contributed by atoms with Gasteiger partial charge in [0.15, 0.2) is 0 Å². The molecule has 3 nitrogen and oxygen atoms in total. The van der Waals surface area contributed by atoms with Crippen LogP contribution in [0.4, 0.5) is 0 Å². The van der Waals surface area contributed by atoms with Crippen LogP contribution in [0.5, 0.6) is 5.75 Å². The maximum absolute atomic E-state index is 5.39. The average molecular weight is 250 g/mol. The number of rotatable bonds is 8. The van der Waals surface area contributed by atoms with Crippen LogP contribution < -0.4 is 10.1 Å². The molecule has 0 bridgehead atoms. The van der Waals surface area contributed by atoms with Crippen LogP contribution >= 0.6 is 0 Å². The molecule has 0 saturated heterocycles. The summed E-state index contributed by atoms with van der Waals surface area (Å²) in [6, 6.07) is 8.79. The maximum Gasteiger partial charge on any atom is 0.123 e. The van der Waals surface area contributed by atoms with E-state index in [1.54, 1.807) is 7.11 Å². The molecule has 0 aromatic heterocycles. The molecule has 0 aliphatic heterocycles. The molecule has 3 heteroatoms. The van der Waals surface area contributed by atoms with Crippen LogP contribution in [-0.2, 0) is 6.54 Å². The van der Waals surface area contributed by atoms with Crippen LogP contribution in [0.2, 0.25) is 0 Å². The Kier molecular flexibility index (Phi) is 6.76. The Labute approximate surface area is 111 Å². The summed E-state index contributed by atoms with van der Waals surface area (Å²) < 4.78 is 5.39. The summed E-state index contributed by atoms with van der Waals surface area (Å²) in [6.07, 6.45) is 0. The number of para-hydroxylation sites is 1. The molecular weight excluding hydrogens is 224 g/mol. The molecule has 0 atom stereocenters. The van der Waals surface area contributed by atoms with Crippen LogP contribution in [-0.4, -0.2) is 37.7 Å². The van der Waals surface area contributed by atoms with Gasteiger partial charge in [-0.2, -0.15) is 0 Å². The zero-order valence-electron chi connectivity index (χ0n) is 12.1. The minimum Gasteiger partial charge on any atom is -0.496 e. The first kappa shape index (κ1) is 15.0. The first-order chi connectivity index (χ1) is 8.67. The molecule has 1 aromatic rings. The van der Waals surface area contributed by atoms with E-state index in [2.05, 4.69) is 43.1 Å². The smallest absolute Gasteiger partial charge is 0.123 e. The standard InChI is InChI=1S/C15H26N2O/c1-5-17(11-10-16-13(2)3)12-14-8-6-7-9-15(14)18-4/h6-9,13,16H,5,10-12H2,1-4H3. The van der Waals surface area contributed by atoms with Gasteiger partial charge in [-0.25, -0.2) is 0 Å². The van der Waals surface area contributed by atoms with E-state index in [0.717, 1.165) is 31.9 Å². The minimum atomic E-state index is 0.551. The van der Waals surface area contributed by atoms with E-state index in [4.69, 9.17) is 4.74 Å². The highest BCUT2D eigenvalue weighted by atomic mass is 16.5. The Morgan fingerprint density at radius 3 is 2.61 bits per heavy atom. The fourth-order valence-corrected chi connectivity index (χ4v) is 1.93. The van der Waals surface area contributed by atoms with Crippen LogP contribution in [0.15, 0.2) is 24.3 Å². The first-order valence-corrected chi connectivity index (χ1v) is 6.75. The Balaban J connectivity index is 2.51. The third kappa shape index (κ3) is 5.07. The molecule has 102 valence electrons. The topological polar surface area (TPSA) is 24.5 Å². The highest BCUT2D eigenvalue weighted by Gasteiger charge is 2.07. The monoisotopic (exact) mass is 250 g/mol. The van der Waals surface area contributed by atoms with Crippen molar-refractivity contribution >= 4 is 0 Å². The van der Waals surface area contributed by atoms with Gasteiger partial charge in [0.2, 0.25) is 0 Å². The number of ether oxygens (including phenoxy) is 1. The third-order valence-electron chi connectivity index (χ3n) is 3.01. The minimum absolute atomic E-state index is 0.551. The Hall–Kier alpha value is -1.06. The predicted molar refractivity (Wildman–Crippen MR) is 77.1 cm³/mol. The summed E-state index contributed by atoms with van der Waals surface area (Å²) in [5.41, 5.74) is 1.26. The van der Waals surface area contributed by atoms with Gasteiger partial charge in [0, 0.05) is 31.2 Å². The summed E-state index contributed by atoms with van der Waals surface area (Å²) in [4.78, 5) is 2.42. The van der Waals surface area contributed by atoms with E-state index >= 15 is 0 Å². The molecular formula is C15H26N2O. The van der Waals surface area contributed by atoms with Gasteiger partial charge >= 0.3 is 0 Å². The molecule has 18 heavy (non-hydrogen) atoms. The lowest BCUT2D eigenvalue weighted by Gasteiger charge is -2.22. The van der Waals surface area contributed by atoms with Gasteiger partial charge in [-0.3, -0.25) is 4.90 Å². The molecule has 0 amide bonds. The number of benzene rings is 1. The lowest BCUT2D eigenvalue weighted by molar-refractivity contribution is 0.271. The molecule has 0 unspecified atom stereocenters. The van der Waals surface area contributed by atoms with Crippen molar-refractivity contribution in [2.24, 2.45) is 0 Å². The number of nitrogens with one attached hydrogen (secondary N) is 1. The normalized spacial score (nSPS) is 11.2. The molecule has 1 aromatic carbocycles. The summed E-state index contributed by atoms with van der Waals surface area (Å²) in [6.45, 7) is 10.6. The molecule has 0 fully saturated rings. The predicted octanol–water partition coefficient (Wildman–Crippen LogP) is 2.52. The number of likely N-dealkylation sites (N-methyl/N-ethyl adjacent to an activating group) is 1. The number of nitrogens with zero attached hydrogens (tertiary/aromatic N) is 1. The van der Waals surface area contributed by atoms with Crippen LogP contribution in [0.25, 0.3) is 0 Å². The second-order valence-corrected chi connectivity index (χ2v) is 4.79. The van der Waals surface area contributed by atoms with Crippen molar-refractivity contribution in [3.05, 3.63) is 29.8 Å². The van der Waals surface area contributed by atoms with Gasteiger partial charge in [0.25, 0.3) is 0 Å². The van der Waals surface area contributed by atoms with Crippen molar-refractivity contribution in [2.45, 2.75) is 33.4 Å². The quantitative estimate of drug-likeness (QED) is 0.767. The fraction of sp³-hybridized carbons (Fsp3) is 0.600. The van der Waals surface area contributed by atoms with Crippen molar-refractivity contribution in [1.29, 1.82) is 0 Å². The van der Waals surface area contributed by atoms with Crippen molar-refractivity contribution in [3.63, 3.8) is 0 Å². The van der Waals surface area contributed by atoms with E-state index in [1.807, 2.05) is 12.1 Å². The molecule has 1 rings (SSSR count).